The van der Waals surface area contributed by atoms with Gasteiger partial charge in [-0.1, -0.05) is 31.9 Å². The Morgan fingerprint density at radius 2 is 2.09 bits per heavy atom. The van der Waals surface area contributed by atoms with Crippen LogP contribution in [0.25, 0.3) is 0 Å². The van der Waals surface area contributed by atoms with Crippen molar-refractivity contribution in [1.29, 1.82) is 0 Å². The summed E-state index contributed by atoms with van der Waals surface area (Å²) in [5.74, 6) is 2.99. The van der Waals surface area contributed by atoms with Crippen LogP contribution in [0.1, 0.15) is 39.0 Å². The van der Waals surface area contributed by atoms with Gasteiger partial charge in [0.05, 0.1) is 0 Å². The van der Waals surface area contributed by atoms with Crippen LogP contribution in [0, 0.1) is 17.8 Å². The van der Waals surface area contributed by atoms with Crippen LogP contribution in [0.3, 0.4) is 0 Å². The third-order valence-corrected chi connectivity index (χ3v) is 3.53. The fourth-order valence-corrected chi connectivity index (χ4v) is 2.82. The highest BCUT2D eigenvalue weighted by molar-refractivity contribution is 4.99. The lowest BCUT2D eigenvalue weighted by molar-refractivity contribution is 0.181. The molecule has 0 spiro atoms. The molecule has 0 nitrogen and oxygen atoms in total. The smallest absolute Gasteiger partial charge is 0.0202 e. The summed E-state index contributed by atoms with van der Waals surface area (Å²) in [6.07, 6.45) is 12.1. The number of hydrogen-bond donors (Lipinski definition) is 0. The topological polar surface area (TPSA) is 0 Å². The molecule has 1 fully saturated rings. The third-order valence-electron chi connectivity index (χ3n) is 3.53. The maximum atomic E-state index is 2.48. The lowest BCUT2D eigenvalue weighted by atomic mass is 9.69. The molecular weight excluding hydrogens is 132 g/mol. The first-order chi connectivity index (χ1) is 5.38. The van der Waals surface area contributed by atoms with Crippen molar-refractivity contribution in [3.8, 4) is 0 Å². The normalized spacial score (nSPS) is 43.5. The molecule has 0 heterocycles. The minimum Gasteiger partial charge on any atom is -0.0882 e. The van der Waals surface area contributed by atoms with Crippen LogP contribution in [0.2, 0.25) is 0 Å². The minimum atomic E-state index is 0.951. The SMILES string of the molecule is C[C@H]1CCC[C@H]2C=CCC[C@@H]21. The molecule has 0 N–H and O–H groups in total. The fraction of sp³-hybridized carbons (Fsp3) is 0.818. The molecule has 0 amide bonds. The largest absolute Gasteiger partial charge is 0.0882 e. The van der Waals surface area contributed by atoms with Gasteiger partial charge < -0.3 is 0 Å². The van der Waals surface area contributed by atoms with Crippen LogP contribution in [0.15, 0.2) is 12.2 Å². The molecule has 2 aliphatic carbocycles. The number of rotatable bonds is 0. The minimum absolute atomic E-state index is 0.951. The van der Waals surface area contributed by atoms with Crippen molar-refractivity contribution in [2.24, 2.45) is 17.8 Å². The molecule has 11 heavy (non-hydrogen) atoms. The van der Waals surface area contributed by atoms with Gasteiger partial charge in [0.1, 0.15) is 0 Å². The molecule has 1 saturated carbocycles. The first kappa shape index (κ1) is 7.39. The monoisotopic (exact) mass is 150 g/mol. The lowest BCUT2D eigenvalue weighted by Crippen LogP contribution is -2.26. The zero-order valence-corrected chi connectivity index (χ0v) is 7.42. The van der Waals surface area contributed by atoms with Gasteiger partial charge in [-0.15, -0.1) is 0 Å². The average molecular weight is 150 g/mol. The predicted octanol–water partition coefficient (Wildman–Crippen LogP) is 3.39. The summed E-state index contributed by atoms with van der Waals surface area (Å²) in [5.41, 5.74) is 0. The Morgan fingerprint density at radius 1 is 1.18 bits per heavy atom. The lowest BCUT2D eigenvalue weighted by Gasteiger charge is -2.37. The van der Waals surface area contributed by atoms with Crippen LogP contribution in [0.5, 0.6) is 0 Å². The van der Waals surface area contributed by atoms with Crippen molar-refractivity contribution in [3.63, 3.8) is 0 Å². The van der Waals surface area contributed by atoms with E-state index in [1.54, 1.807) is 0 Å². The highest BCUT2D eigenvalue weighted by atomic mass is 14.3. The molecule has 2 aliphatic rings. The Morgan fingerprint density at radius 3 is 2.91 bits per heavy atom. The summed E-state index contributed by atoms with van der Waals surface area (Å²) in [5, 5.41) is 0. The second-order valence-electron chi connectivity index (χ2n) is 4.24. The molecule has 0 aliphatic heterocycles. The van der Waals surface area contributed by atoms with Crippen molar-refractivity contribution in [2.75, 3.05) is 0 Å². The van der Waals surface area contributed by atoms with E-state index in [-0.39, 0.29) is 0 Å². The van der Waals surface area contributed by atoms with E-state index in [9.17, 15) is 0 Å². The number of hydrogen-bond acceptors (Lipinski definition) is 0. The second-order valence-corrected chi connectivity index (χ2v) is 4.24. The molecule has 0 heteroatoms. The van der Waals surface area contributed by atoms with Crippen molar-refractivity contribution in [1.82, 2.24) is 0 Å². The van der Waals surface area contributed by atoms with E-state index in [4.69, 9.17) is 0 Å². The average Bonchev–Trinajstić information content (AvgIpc) is 2.06. The molecule has 0 aromatic rings. The Bertz CT molecular complexity index is 157. The number of allylic oxidation sites excluding steroid dienone is 2. The van der Waals surface area contributed by atoms with Crippen LogP contribution in [-0.4, -0.2) is 0 Å². The van der Waals surface area contributed by atoms with Crippen LogP contribution in [0.4, 0.5) is 0 Å². The molecule has 0 unspecified atom stereocenters. The van der Waals surface area contributed by atoms with Crippen molar-refractivity contribution in [2.45, 2.75) is 39.0 Å². The van der Waals surface area contributed by atoms with Gasteiger partial charge in [-0.25, -0.2) is 0 Å². The van der Waals surface area contributed by atoms with Gasteiger partial charge in [0, 0.05) is 0 Å². The highest BCUT2D eigenvalue weighted by Crippen LogP contribution is 2.40. The summed E-state index contributed by atoms with van der Waals surface area (Å²) in [6.45, 7) is 2.44. The first-order valence-corrected chi connectivity index (χ1v) is 5.04. The highest BCUT2D eigenvalue weighted by Gasteiger charge is 2.29. The number of fused-ring (bicyclic) bond motifs is 1. The van der Waals surface area contributed by atoms with Gasteiger partial charge in [0.25, 0.3) is 0 Å². The van der Waals surface area contributed by atoms with Gasteiger partial charge in [-0.2, -0.15) is 0 Å². The molecule has 0 aromatic carbocycles. The van der Waals surface area contributed by atoms with E-state index in [0.29, 0.717) is 0 Å². The summed E-state index contributed by atoms with van der Waals surface area (Å²) in [4.78, 5) is 0. The molecule has 3 atom stereocenters. The molecule has 0 bridgehead atoms. The van der Waals surface area contributed by atoms with E-state index >= 15 is 0 Å². The van der Waals surface area contributed by atoms with E-state index in [0.717, 1.165) is 17.8 Å². The Labute approximate surface area is 69.7 Å². The fourth-order valence-electron chi connectivity index (χ4n) is 2.82. The quantitative estimate of drug-likeness (QED) is 0.464. The standard InChI is InChI=1S/C11H18/c1-9-5-4-7-10-6-2-3-8-11(9)10/h2,6,9-11H,3-5,7-8H2,1H3/t9-,10+,11+/m0/s1. The Hall–Kier alpha value is -0.260. The predicted molar refractivity (Wildman–Crippen MR) is 48.4 cm³/mol. The molecule has 0 radical (unpaired) electrons. The maximum Gasteiger partial charge on any atom is -0.0202 e. The Balaban J connectivity index is 2.08. The van der Waals surface area contributed by atoms with Crippen molar-refractivity contribution in [3.05, 3.63) is 12.2 Å². The van der Waals surface area contributed by atoms with Gasteiger partial charge in [0.2, 0.25) is 0 Å². The van der Waals surface area contributed by atoms with E-state index in [1.165, 1.54) is 32.1 Å². The first-order valence-electron chi connectivity index (χ1n) is 5.04. The third kappa shape index (κ3) is 1.36. The molecule has 0 saturated heterocycles. The van der Waals surface area contributed by atoms with Crippen LogP contribution >= 0.6 is 0 Å². The maximum absolute atomic E-state index is 2.48. The van der Waals surface area contributed by atoms with E-state index in [1.807, 2.05) is 0 Å². The molecular formula is C11H18. The van der Waals surface area contributed by atoms with E-state index < -0.39 is 0 Å². The zero-order valence-electron chi connectivity index (χ0n) is 7.42. The summed E-state index contributed by atoms with van der Waals surface area (Å²) in [6, 6.07) is 0. The van der Waals surface area contributed by atoms with Gasteiger partial charge in [-0.05, 0) is 37.0 Å². The van der Waals surface area contributed by atoms with Crippen molar-refractivity contribution < 1.29 is 0 Å². The van der Waals surface area contributed by atoms with Gasteiger partial charge in [0.15, 0.2) is 0 Å². The van der Waals surface area contributed by atoms with E-state index in [2.05, 4.69) is 19.1 Å². The summed E-state index contributed by atoms with van der Waals surface area (Å²) < 4.78 is 0. The molecule has 62 valence electrons. The molecule has 2 rings (SSSR count). The molecule has 0 aromatic heterocycles. The van der Waals surface area contributed by atoms with Gasteiger partial charge >= 0.3 is 0 Å². The van der Waals surface area contributed by atoms with Crippen LogP contribution in [-0.2, 0) is 0 Å². The summed E-state index contributed by atoms with van der Waals surface area (Å²) >= 11 is 0. The van der Waals surface area contributed by atoms with Crippen molar-refractivity contribution >= 4 is 0 Å². The second kappa shape index (κ2) is 3.00. The Kier molecular flexibility index (Phi) is 2.02. The van der Waals surface area contributed by atoms with Crippen LogP contribution < -0.4 is 0 Å². The summed E-state index contributed by atoms with van der Waals surface area (Å²) in [7, 11) is 0. The zero-order chi connectivity index (χ0) is 7.68. The van der Waals surface area contributed by atoms with Gasteiger partial charge in [-0.3, -0.25) is 0 Å².